The zero-order valence-electron chi connectivity index (χ0n) is 22.2. The number of ether oxygens (including phenoxy) is 1. The summed E-state index contributed by atoms with van der Waals surface area (Å²) in [5.41, 5.74) is 1.84. The summed E-state index contributed by atoms with van der Waals surface area (Å²) in [6.45, 7) is 0.942. The van der Waals surface area contributed by atoms with Crippen molar-refractivity contribution in [3.8, 4) is 5.75 Å². The van der Waals surface area contributed by atoms with Gasteiger partial charge in [-0.1, -0.05) is 0 Å². The number of benzene rings is 1. The van der Waals surface area contributed by atoms with Crippen LogP contribution in [0, 0.1) is 11.8 Å². The summed E-state index contributed by atoms with van der Waals surface area (Å²) in [6.07, 6.45) is -0.00537. The van der Waals surface area contributed by atoms with Crippen molar-refractivity contribution in [3.63, 3.8) is 0 Å². The average molecular weight is 544 g/mol. The fourth-order valence-electron chi connectivity index (χ4n) is 6.17. The van der Waals surface area contributed by atoms with E-state index in [1.807, 2.05) is 0 Å². The minimum absolute atomic E-state index is 0.0293. The highest BCUT2D eigenvalue weighted by molar-refractivity contribution is 6.25. The molecule has 4 atom stereocenters. The largest absolute Gasteiger partial charge is 0.510 e. The van der Waals surface area contributed by atoms with Crippen LogP contribution in [0.3, 0.4) is 0 Å². The van der Waals surface area contributed by atoms with Gasteiger partial charge in [-0.25, -0.2) is 0 Å². The number of allylic oxidation sites excluding steroid dienone is 1. The molecule has 210 valence electrons. The van der Waals surface area contributed by atoms with Crippen molar-refractivity contribution in [2.75, 3.05) is 47.9 Å². The second-order valence-corrected chi connectivity index (χ2v) is 10.6. The number of aromatic hydroxyl groups is 1. The van der Waals surface area contributed by atoms with Crippen LogP contribution in [0.4, 0.5) is 0 Å². The van der Waals surface area contributed by atoms with E-state index >= 15 is 0 Å². The number of aliphatic hydroxyl groups is 3. The van der Waals surface area contributed by atoms with E-state index in [2.05, 4.69) is 0 Å². The van der Waals surface area contributed by atoms with Gasteiger partial charge in [0.25, 0.3) is 5.91 Å². The molecule has 12 nitrogen and oxygen atoms in total. The maximum Gasteiger partial charge on any atom is 0.255 e. The lowest BCUT2D eigenvalue weighted by molar-refractivity contribution is -0.148. The van der Waals surface area contributed by atoms with E-state index in [-0.39, 0.29) is 41.9 Å². The Morgan fingerprint density at radius 2 is 1.82 bits per heavy atom. The molecule has 6 N–H and O–H groups in total. The van der Waals surface area contributed by atoms with E-state index in [4.69, 9.17) is 10.5 Å². The highest BCUT2D eigenvalue weighted by Gasteiger charge is 2.63. The maximum absolute atomic E-state index is 13.7. The molecule has 0 aliphatic heterocycles. The Morgan fingerprint density at radius 3 is 2.41 bits per heavy atom. The minimum atomic E-state index is -2.71. The van der Waals surface area contributed by atoms with Crippen LogP contribution in [0.2, 0.25) is 0 Å². The highest BCUT2D eigenvalue weighted by Crippen LogP contribution is 2.52. The number of nitrogens with zero attached hydrogens (tertiary/aromatic N) is 2. The fraction of sp³-hybridized carbons (Fsp3) is 0.481. The van der Waals surface area contributed by atoms with Crippen LogP contribution in [0.15, 0.2) is 34.8 Å². The standard InChI is InChI=1S/C27H33N3O9/c1-29(2)21-15-10-12-9-14-13(17(32)11-30(3)7-8-39-4)5-6-16(31)19(14)22(33)18(12)24(35)27(15,38)25(36)20(23(21)34)26(28)37/h5-6,12,15,21,31,34-35,38H,7-11H2,1-4H3,(H2,28,37)/t12-,15-,21-,27-/m0/s1. The molecule has 0 heterocycles. The van der Waals surface area contributed by atoms with Gasteiger partial charge in [0.05, 0.1) is 24.8 Å². The molecule has 12 heteroatoms. The third kappa shape index (κ3) is 4.33. The molecule has 1 aromatic carbocycles. The molecule has 4 rings (SSSR count). The number of rotatable bonds is 8. The molecule has 3 aliphatic carbocycles. The zero-order chi connectivity index (χ0) is 29.0. The van der Waals surface area contributed by atoms with Crippen molar-refractivity contribution >= 4 is 23.3 Å². The van der Waals surface area contributed by atoms with Crippen molar-refractivity contribution in [3.05, 3.63) is 51.5 Å². The van der Waals surface area contributed by atoms with E-state index in [1.165, 1.54) is 17.0 Å². The monoisotopic (exact) mass is 543 g/mol. The Morgan fingerprint density at radius 1 is 1.15 bits per heavy atom. The number of hydrogen-bond acceptors (Lipinski definition) is 11. The van der Waals surface area contributed by atoms with Gasteiger partial charge >= 0.3 is 0 Å². The molecular weight excluding hydrogens is 510 g/mol. The van der Waals surface area contributed by atoms with Gasteiger partial charge in [-0.15, -0.1) is 0 Å². The van der Waals surface area contributed by atoms with Gasteiger partial charge in [0.2, 0.25) is 5.78 Å². The van der Waals surface area contributed by atoms with E-state index in [0.717, 1.165) is 0 Å². The van der Waals surface area contributed by atoms with Gasteiger partial charge in [-0.2, -0.15) is 0 Å². The Labute approximate surface area is 224 Å². The molecular formula is C27H33N3O9. The van der Waals surface area contributed by atoms with Crippen molar-refractivity contribution in [2.24, 2.45) is 17.6 Å². The van der Waals surface area contributed by atoms with Crippen molar-refractivity contribution < 1.29 is 44.3 Å². The molecule has 1 amide bonds. The van der Waals surface area contributed by atoms with Crippen LogP contribution < -0.4 is 5.73 Å². The van der Waals surface area contributed by atoms with Gasteiger partial charge < -0.3 is 30.9 Å². The number of primary amides is 1. The van der Waals surface area contributed by atoms with E-state index < -0.39 is 63.8 Å². The number of aliphatic hydroxyl groups excluding tert-OH is 2. The molecule has 3 aliphatic rings. The smallest absolute Gasteiger partial charge is 0.255 e. The first-order valence-corrected chi connectivity index (χ1v) is 12.5. The summed E-state index contributed by atoms with van der Waals surface area (Å²) in [5.74, 6) is -7.60. The Bertz CT molecular complexity index is 1330. The molecule has 0 bridgehead atoms. The summed E-state index contributed by atoms with van der Waals surface area (Å²) in [7, 11) is 6.41. The predicted octanol–water partition coefficient (Wildman–Crippen LogP) is -0.118. The number of phenols is 1. The first kappa shape index (κ1) is 28.4. The molecule has 0 radical (unpaired) electrons. The van der Waals surface area contributed by atoms with Crippen molar-refractivity contribution in [1.82, 2.24) is 9.80 Å². The lowest BCUT2D eigenvalue weighted by atomic mass is 9.58. The number of hydrogen-bond donors (Lipinski definition) is 5. The van der Waals surface area contributed by atoms with Crippen LogP contribution in [0.1, 0.15) is 32.7 Å². The third-order valence-electron chi connectivity index (χ3n) is 8.00. The summed E-state index contributed by atoms with van der Waals surface area (Å²) in [6, 6.07) is 1.58. The predicted molar refractivity (Wildman–Crippen MR) is 137 cm³/mol. The first-order chi connectivity index (χ1) is 18.3. The molecule has 0 fully saturated rings. The zero-order valence-corrected chi connectivity index (χ0v) is 22.2. The Hall–Kier alpha value is -3.58. The highest BCUT2D eigenvalue weighted by atomic mass is 16.5. The quantitative estimate of drug-likeness (QED) is 0.217. The summed E-state index contributed by atoms with van der Waals surface area (Å²) >= 11 is 0. The van der Waals surface area contributed by atoms with E-state index in [0.29, 0.717) is 18.7 Å². The second-order valence-electron chi connectivity index (χ2n) is 10.6. The third-order valence-corrected chi connectivity index (χ3v) is 8.00. The van der Waals surface area contributed by atoms with Gasteiger partial charge in [0.1, 0.15) is 22.8 Å². The number of Topliss-reactive ketones (excluding diaryl/α,β-unsaturated/α-hetero) is 3. The lowest BCUT2D eigenvalue weighted by Crippen LogP contribution is -2.63. The van der Waals surface area contributed by atoms with Crippen LogP contribution in [0.5, 0.6) is 5.75 Å². The number of amides is 1. The molecule has 0 saturated heterocycles. The minimum Gasteiger partial charge on any atom is -0.510 e. The van der Waals surface area contributed by atoms with Gasteiger partial charge in [-0.3, -0.25) is 29.0 Å². The number of ketones is 3. The molecule has 1 aromatic rings. The first-order valence-electron chi connectivity index (χ1n) is 12.5. The number of methoxy groups -OCH3 is 1. The van der Waals surface area contributed by atoms with Gasteiger partial charge in [-0.05, 0) is 57.6 Å². The summed E-state index contributed by atoms with van der Waals surface area (Å²) in [5, 5.41) is 44.4. The Kier molecular flexibility index (Phi) is 7.43. The van der Waals surface area contributed by atoms with E-state index in [1.54, 1.807) is 33.2 Å². The van der Waals surface area contributed by atoms with Crippen LogP contribution in [-0.4, -0.2) is 113 Å². The fourth-order valence-corrected chi connectivity index (χ4v) is 6.17. The van der Waals surface area contributed by atoms with Crippen LogP contribution in [0.25, 0.3) is 0 Å². The number of likely N-dealkylation sites (N-methyl/N-ethyl adjacent to an activating group) is 2. The van der Waals surface area contributed by atoms with Crippen molar-refractivity contribution in [2.45, 2.75) is 24.5 Å². The SMILES string of the molecule is COCCN(C)CC(=O)c1ccc(O)c2c1C[C@H]1C[C@H]3[C@H](N(C)C)C(O)=C(C(N)=O)C(=O)[C@@]3(O)C(O)=C1C2=O. The summed E-state index contributed by atoms with van der Waals surface area (Å²) < 4.78 is 5.05. The van der Waals surface area contributed by atoms with E-state index in [9.17, 15) is 39.6 Å². The molecule has 0 aromatic heterocycles. The molecule has 39 heavy (non-hydrogen) atoms. The molecule has 0 unspecified atom stereocenters. The molecule has 0 saturated carbocycles. The maximum atomic E-state index is 13.7. The van der Waals surface area contributed by atoms with Crippen molar-refractivity contribution in [1.29, 1.82) is 0 Å². The normalized spacial score (nSPS) is 26.6. The van der Waals surface area contributed by atoms with Gasteiger partial charge in [0, 0.05) is 30.7 Å². The Balaban J connectivity index is 1.84. The van der Waals surface area contributed by atoms with Gasteiger partial charge in [0.15, 0.2) is 17.2 Å². The molecule has 0 spiro atoms. The average Bonchev–Trinajstić information content (AvgIpc) is 2.84. The number of carbonyl (C=O) groups is 4. The number of carbonyl (C=O) groups excluding carboxylic acids is 4. The van der Waals surface area contributed by atoms with Crippen LogP contribution >= 0.6 is 0 Å². The number of fused-ring (bicyclic) bond motifs is 3. The summed E-state index contributed by atoms with van der Waals surface area (Å²) in [4.78, 5) is 55.6. The topological polar surface area (TPSA) is 191 Å². The van der Waals surface area contributed by atoms with Crippen LogP contribution in [-0.2, 0) is 20.7 Å². The second kappa shape index (κ2) is 10.2. The number of nitrogens with two attached hydrogens (primary N) is 1. The lowest BCUT2D eigenvalue weighted by Gasteiger charge is -2.50. The number of phenolic OH excluding ortho intramolecular Hbond substituents is 1.